The molecule has 184 valence electrons. The average molecular weight is 483 g/mol. The number of fused-ring (bicyclic) bond motifs is 5. The smallest absolute Gasteiger partial charge is 0.322 e. The number of hydrogen-bond acceptors (Lipinski definition) is 2. The predicted molar refractivity (Wildman–Crippen MR) is 136 cm³/mol. The molecule has 5 heteroatoms. The second-order valence-corrected chi connectivity index (χ2v) is 12.6. The Hall–Kier alpha value is -1.81. The molecule has 0 radical (unpaired) electrons. The summed E-state index contributed by atoms with van der Waals surface area (Å²) >= 11 is 6.11. The van der Waals surface area contributed by atoms with Crippen LogP contribution in [-0.4, -0.2) is 23.3 Å². The maximum atomic E-state index is 13.9. The molecule has 4 nitrogen and oxygen atoms in total. The van der Waals surface area contributed by atoms with Crippen molar-refractivity contribution in [2.24, 2.45) is 34.5 Å². The van der Waals surface area contributed by atoms with Crippen molar-refractivity contribution in [1.82, 2.24) is 10.2 Å². The van der Waals surface area contributed by atoms with Crippen LogP contribution in [0.1, 0.15) is 84.2 Å². The van der Waals surface area contributed by atoms with E-state index in [4.69, 9.17) is 11.6 Å². The van der Waals surface area contributed by atoms with E-state index in [0.717, 1.165) is 24.2 Å². The summed E-state index contributed by atoms with van der Waals surface area (Å²) in [6.07, 6.45) is 9.66. The minimum absolute atomic E-state index is 0.0652. The summed E-state index contributed by atoms with van der Waals surface area (Å²) in [5.41, 5.74) is 2.32. The summed E-state index contributed by atoms with van der Waals surface area (Å²) in [6, 6.07) is 7.58. The molecule has 1 aromatic carbocycles. The molecule has 6 atom stereocenters. The molecule has 0 aromatic heterocycles. The number of halogens is 1. The summed E-state index contributed by atoms with van der Waals surface area (Å²) in [7, 11) is 0. The normalized spacial score (nSPS) is 35.8. The Bertz CT molecular complexity index is 1000. The molecule has 1 N–H and O–H groups in total. The summed E-state index contributed by atoms with van der Waals surface area (Å²) in [4.78, 5) is 28.5. The number of amides is 2. The van der Waals surface area contributed by atoms with Gasteiger partial charge in [-0.15, -0.1) is 0 Å². The molecule has 2 saturated carbocycles. The van der Waals surface area contributed by atoms with Crippen LogP contribution in [0.4, 0.5) is 4.79 Å². The Morgan fingerprint density at radius 3 is 2.53 bits per heavy atom. The minimum atomic E-state index is -0.114. The molecule has 1 aromatic rings. The van der Waals surface area contributed by atoms with E-state index in [1.807, 2.05) is 29.2 Å². The molecule has 3 aliphatic carbocycles. The number of nitrogens with zero attached hydrogens (tertiary/aromatic N) is 1. The predicted octanol–water partition coefficient (Wildman–Crippen LogP) is 7.15. The van der Waals surface area contributed by atoms with Gasteiger partial charge in [-0.2, -0.15) is 0 Å². The van der Waals surface area contributed by atoms with E-state index in [1.165, 1.54) is 32.1 Å². The van der Waals surface area contributed by atoms with Crippen LogP contribution in [-0.2, 0) is 4.79 Å². The molecule has 5 rings (SSSR count). The van der Waals surface area contributed by atoms with Crippen LogP contribution in [0.5, 0.6) is 0 Å². The number of rotatable bonds is 3. The van der Waals surface area contributed by atoms with E-state index in [0.29, 0.717) is 34.6 Å². The number of likely N-dealkylation sites (tertiary alicyclic amines) is 1. The molecular formula is C29H39ClN2O2. The lowest BCUT2D eigenvalue weighted by atomic mass is 9.50. The van der Waals surface area contributed by atoms with Crippen LogP contribution in [0.3, 0.4) is 0 Å². The van der Waals surface area contributed by atoms with Gasteiger partial charge in [-0.05, 0) is 78.9 Å². The summed E-state index contributed by atoms with van der Waals surface area (Å²) in [6.45, 7) is 9.81. The molecule has 1 aliphatic heterocycles. The number of allylic oxidation sites excluding steroid dienone is 2. The van der Waals surface area contributed by atoms with Crippen LogP contribution < -0.4 is 5.32 Å². The number of carbonyl (C=O) groups excluding carboxylic acids is 2. The van der Waals surface area contributed by atoms with Crippen LogP contribution in [0.25, 0.3) is 0 Å². The summed E-state index contributed by atoms with van der Waals surface area (Å²) in [5, 5.41) is 4.04. The maximum Gasteiger partial charge on any atom is 0.322 e. The molecule has 2 amide bonds. The Morgan fingerprint density at radius 2 is 1.82 bits per heavy atom. The highest BCUT2D eigenvalue weighted by Gasteiger charge is 2.58. The third kappa shape index (κ3) is 3.90. The van der Waals surface area contributed by atoms with E-state index >= 15 is 0 Å². The van der Waals surface area contributed by atoms with Gasteiger partial charge in [0.15, 0.2) is 5.78 Å². The van der Waals surface area contributed by atoms with Gasteiger partial charge in [0, 0.05) is 35.2 Å². The largest absolute Gasteiger partial charge is 0.331 e. The highest BCUT2D eigenvalue weighted by Crippen LogP contribution is 2.63. The number of carbonyl (C=O) groups is 2. The summed E-state index contributed by atoms with van der Waals surface area (Å²) in [5.74, 6) is 2.13. The van der Waals surface area contributed by atoms with Crippen LogP contribution in [0.2, 0.25) is 5.02 Å². The Kier molecular flexibility index (Phi) is 6.11. The van der Waals surface area contributed by atoms with Gasteiger partial charge in [-0.3, -0.25) is 9.69 Å². The number of piperidine rings is 1. The van der Waals surface area contributed by atoms with Crippen molar-refractivity contribution in [1.29, 1.82) is 0 Å². The first-order valence-corrected chi connectivity index (χ1v) is 13.6. The molecule has 4 aliphatic rings. The Labute approximate surface area is 209 Å². The highest BCUT2D eigenvalue weighted by atomic mass is 35.5. The van der Waals surface area contributed by atoms with Crippen LogP contribution in [0.15, 0.2) is 36.0 Å². The number of ketones is 1. The monoisotopic (exact) mass is 482 g/mol. The van der Waals surface area contributed by atoms with Crippen molar-refractivity contribution in [2.45, 2.75) is 78.7 Å². The van der Waals surface area contributed by atoms with Gasteiger partial charge in [0.1, 0.15) is 0 Å². The Morgan fingerprint density at radius 1 is 1.09 bits per heavy atom. The van der Waals surface area contributed by atoms with Crippen molar-refractivity contribution in [2.75, 3.05) is 6.54 Å². The van der Waals surface area contributed by atoms with Gasteiger partial charge >= 0.3 is 6.03 Å². The van der Waals surface area contributed by atoms with Gasteiger partial charge < -0.3 is 5.32 Å². The third-order valence-electron chi connectivity index (χ3n) is 9.91. The van der Waals surface area contributed by atoms with Crippen molar-refractivity contribution >= 4 is 23.4 Å². The zero-order chi connectivity index (χ0) is 24.3. The van der Waals surface area contributed by atoms with Crippen molar-refractivity contribution in [3.05, 3.63) is 46.6 Å². The highest BCUT2D eigenvalue weighted by molar-refractivity contribution is 6.30. The lowest BCUT2D eigenvalue weighted by Gasteiger charge is -2.59. The third-order valence-corrected chi connectivity index (χ3v) is 10.2. The number of urea groups is 1. The van der Waals surface area contributed by atoms with E-state index < -0.39 is 0 Å². The van der Waals surface area contributed by atoms with Gasteiger partial charge in [-0.25, -0.2) is 4.79 Å². The first kappa shape index (κ1) is 23.9. The quantitative estimate of drug-likeness (QED) is 0.497. The summed E-state index contributed by atoms with van der Waals surface area (Å²) < 4.78 is 0. The van der Waals surface area contributed by atoms with Gasteiger partial charge in [0.05, 0.1) is 6.04 Å². The van der Waals surface area contributed by atoms with E-state index in [9.17, 15) is 9.59 Å². The lowest BCUT2D eigenvalue weighted by molar-refractivity contribution is -0.118. The number of benzene rings is 1. The zero-order valence-electron chi connectivity index (χ0n) is 21.1. The molecule has 3 fully saturated rings. The molecule has 0 spiro atoms. The van der Waals surface area contributed by atoms with Gasteiger partial charge in [0.2, 0.25) is 0 Å². The molecule has 1 heterocycles. The second-order valence-electron chi connectivity index (χ2n) is 12.2. The fraction of sp³-hybridized carbons (Fsp3) is 0.655. The zero-order valence-corrected chi connectivity index (χ0v) is 21.8. The van der Waals surface area contributed by atoms with Crippen molar-refractivity contribution in [3.63, 3.8) is 0 Å². The maximum absolute atomic E-state index is 13.9. The van der Waals surface area contributed by atoms with E-state index in [2.05, 4.69) is 33.0 Å². The topological polar surface area (TPSA) is 49.4 Å². The number of nitrogens with one attached hydrogen (secondary N) is 1. The first-order chi connectivity index (χ1) is 16.1. The van der Waals surface area contributed by atoms with Crippen molar-refractivity contribution in [3.8, 4) is 0 Å². The molecular weight excluding hydrogens is 444 g/mol. The molecule has 34 heavy (non-hydrogen) atoms. The first-order valence-electron chi connectivity index (χ1n) is 13.2. The van der Waals surface area contributed by atoms with Gasteiger partial charge in [0.25, 0.3) is 0 Å². The van der Waals surface area contributed by atoms with Crippen molar-refractivity contribution < 1.29 is 9.59 Å². The van der Waals surface area contributed by atoms with Crippen LogP contribution >= 0.6 is 11.6 Å². The molecule has 1 saturated heterocycles. The fourth-order valence-corrected chi connectivity index (χ4v) is 8.13. The minimum Gasteiger partial charge on any atom is -0.331 e. The SMILES string of the molecule is CC(C)C(NC(=O)N1C[C@H]2[C@@H]3CCC[C@@]3(C)CC[C@@H]2[C@@]2(C)CCC(=O)C=C12)c1ccc(Cl)cc1. The lowest BCUT2D eigenvalue weighted by Crippen LogP contribution is -2.60. The van der Waals surface area contributed by atoms with E-state index in [1.54, 1.807) is 6.08 Å². The van der Waals surface area contributed by atoms with E-state index in [-0.39, 0.29) is 29.2 Å². The second kappa shape index (κ2) is 8.69. The van der Waals surface area contributed by atoms with Gasteiger partial charge in [-0.1, -0.05) is 57.8 Å². The standard InChI is InChI=1S/C29H39ClN2O2/c1-18(2)26(19-7-9-20(30)10-8-19)31-27(34)32-17-22-23-6-5-13-28(23,3)14-12-24(22)29(4)15-11-21(33)16-25(29)32/h7-10,16,18,22-24,26H,5-6,11-15,17H2,1-4H3,(H,31,34)/t22-,23-,24-,26?,28-,29+/m0/s1. The Balaban J connectivity index is 1.48. The molecule has 1 unspecified atom stereocenters. The number of hydrogen-bond donors (Lipinski definition) is 1. The molecule has 0 bridgehead atoms. The fourth-order valence-electron chi connectivity index (χ4n) is 8.01. The van der Waals surface area contributed by atoms with Crippen LogP contribution in [0, 0.1) is 34.5 Å². The average Bonchev–Trinajstić information content (AvgIpc) is 3.20.